The standard InChI is InChI=1S/C10H21N3O/c1-9(2)10(11)12-3-4-13-5-7-14-8-6-13/h9H,3-8H2,1-2H3,(H2,11,12). The zero-order valence-electron chi connectivity index (χ0n) is 9.20. The Balaban J connectivity index is 2.16. The maximum absolute atomic E-state index is 5.74. The Labute approximate surface area is 86.1 Å². The van der Waals surface area contributed by atoms with Crippen molar-refractivity contribution in [3.63, 3.8) is 0 Å². The second-order valence-corrected chi connectivity index (χ2v) is 3.92. The van der Waals surface area contributed by atoms with Crippen LogP contribution >= 0.6 is 0 Å². The summed E-state index contributed by atoms with van der Waals surface area (Å²) in [7, 11) is 0. The maximum atomic E-state index is 5.74. The minimum absolute atomic E-state index is 0.361. The van der Waals surface area contributed by atoms with Crippen molar-refractivity contribution < 1.29 is 4.74 Å². The summed E-state index contributed by atoms with van der Waals surface area (Å²) >= 11 is 0. The van der Waals surface area contributed by atoms with Gasteiger partial charge in [-0.2, -0.15) is 0 Å². The third-order valence-electron chi connectivity index (χ3n) is 2.41. The summed E-state index contributed by atoms with van der Waals surface area (Å²) in [5, 5.41) is 0. The van der Waals surface area contributed by atoms with Crippen molar-refractivity contribution in [2.24, 2.45) is 16.6 Å². The Bertz CT molecular complexity index is 186. The van der Waals surface area contributed by atoms with Crippen molar-refractivity contribution in [3.8, 4) is 0 Å². The van der Waals surface area contributed by atoms with Crippen LogP contribution < -0.4 is 5.73 Å². The molecule has 1 heterocycles. The van der Waals surface area contributed by atoms with Crippen LogP contribution in [0.1, 0.15) is 13.8 Å². The molecule has 0 aromatic rings. The number of ether oxygens (including phenoxy) is 1. The first-order valence-corrected chi connectivity index (χ1v) is 5.30. The van der Waals surface area contributed by atoms with Crippen molar-refractivity contribution >= 4 is 5.84 Å². The van der Waals surface area contributed by atoms with Gasteiger partial charge in [-0.3, -0.25) is 9.89 Å². The van der Waals surface area contributed by atoms with Gasteiger partial charge in [0.1, 0.15) is 0 Å². The Hall–Kier alpha value is -0.610. The number of aliphatic imine (C=N–C) groups is 1. The molecule has 0 atom stereocenters. The fourth-order valence-corrected chi connectivity index (χ4v) is 1.33. The molecule has 4 nitrogen and oxygen atoms in total. The SMILES string of the molecule is CC(C)C(N)=NCCN1CCOCC1. The van der Waals surface area contributed by atoms with Gasteiger partial charge in [0.15, 0.2) is 0 Å². The van der Waals surface area contributed by atoms with Crippen LogP contribution in [0.4, 0.5) is 0 Å². The first-order valence-electron chi connectivity index (χ1n) is 5.30. The molecular formula is C10H21N3O. The van der Waals surface area contributed by atoms with Gasteiger partial charge in [-0.1, -0.05) is 13.8 Å². The van der Waals surface area contributed by atoms with Crippen LogP contribution in [0.5, 0.6) is 0 Å². The van der Waals surface area contributed by atoms with Crippen LogP contribution in [-0.4, -0.2) is 50.1 Å². The van der Waals surface area contributed by atoms with Gasteiger partial charge in [-0.25, -0.2) is 0 Å². The van der Waals surface area contributed by atoms with Crippen LogP contribution in [0.2, 0.25) is 0 Å². The molecule has 0 radical (unpaired) electrons. The van der Waals surface area contributed by atoms with Gasteiger partial charge in [-0.15, -0.1) is 0 Å². The zero-order valence-corrected chi connectivity index (χ0v) is 9.20. The summed E-state index contributed by atoms with van der Waals surface area (Å²) < 4.78 is 5.26. The van der Waals surface area contributed by atoms with Gasteiger partial charge in [0.05, 0.1) is 25.6 Å². The van der Waals surface area contributed by atoms with Gasteiger partial charge >= 0.3 is 0 Å². The van der Waals surface area contributed by atoms with Crippen molar-refractivity contribution in [2.75, 3.05) is 39.4 Å². The van der Waals surface area contributed by atoms with E-state index in [-0.39, 0.29) is 0 Å². The molecule has 4 heteroatoms. The van der Waals surface area contributed by atoms with E-state index in [1.807, 2.05) is 0 Å². The largest absolute Gasteiger partial charge is 0.387 e. The number of nitrogens with zero attached hydrogens (tertiary/aromatic N) is 2. The molecule has 1 aliphatic heterocycles. The lowest BCUT2D eigenvalue weighted by Crippen LogP contribution is -2.38. The molecule has 0 saturated carbocycles. The number of morpholine rings is 1. The van der Waals surface area contributed by atoms with E-state index < -0.39 is 0 Å². The van der Waals surface area contributed by atoms with Gasteiger partial charge in [0.2, 0.25) is 0 Å². The number of hydrogen-bond donors (Lipinski definition) is 1. The molecule has 0 spiro atoms. The molecule has 0 aliphatic carbocycles. The first kappa shape index (κ1) is 11.5. The van der Waals surface area contributed by atoms with Gasteiger partial charge in [0.25, 0.3) is 0 Å². The summed E-state index contributed by atoms with van der Waals surface area (Å²) in [6.45, 7) is 9.68. The van der Waals surface area contributed by atoms with E-state index in [1.54, 1.807) is 0 Å². The van der Waals surface area contributed by atoms with Gasteiger partial charge in [0, 0.05) is 25.6 Å². The second kappa shape index (κ2) is 5.98. The van der Waals surface area contributed by atoms with E-state index in [1.165, 1.54) is 0 Å². The van der Waals surface area contributed by atoms with Crippen molar-refractivity contribution in [3.05, 3.63) is 0 Å². The average molecular weight is 199 g/mol. The molecule has 1 saturated heterocycles. The Kier molecular flexibility index (Phi) is 4.90. The summed E-state index contributed by atoms with van der Waals surface area (Å²) in [6, 6.07) is 0. The second-order valence-electron chi connectivity index (χ2n) is 3.92. The monoisotopic (exact) mass is 199 g/mol. The van der Waals surface area contributed by atoms with Crippen molar-refractivity contribution in [2.45, 2.75) is 13.8 Å². The zero-order chi connectivity index (χ0) is 10.4. The molecule has 1 aliphatic rings. The van der Waals surface area contributed by atoms with E-state index in [0.29, 0.717) is 5.92 Å². The fourth-order valence-electron chi connectivity index (χ4n) is 1.33. The molecule has 2 N–H and O–H groups in total. The maximum Gasteiger partial charge on any atom is 0.0963 e. The van der Waals surface area contributed by atoms with E-state index in [0.717, 1.165) is 45.2 Å². The smallest absolute Gasteiger partial charge is 0.0963 e. The predicted octanol–water partition coefficient (Wildman–Crippen LogP) is 0.332. The average Bonchev–Trinajstić information content (AvgIpc) is 2.19. The number of amidine groups is 1. The van der Waals surface area contributed by atoms with E-state index in [2.05, 4.69) is 23.7 Å². The molecule has 0 unspecified atom stereocenters. The molecule has 0 aromatic heterocycles. The molecule has 0 aromatic carbocycles. The van der Waals surface area contributed by atoms with Gasteiger partial charge in [-0.05, 0) is 0 Å². The molecule has 82 valence electrons. The highest BCUT2D eigenvalue weighted by Gasteiger charge is 2.09. The number of nitrogens with two attached hydrogens (primary N) is 1. The van der Waals surface area contributed by atoms with Crippen LogP contribution in [-0.2, 0) is 4.74 Å². The lowest BCUT2D eigenvalue weighted by molar-refractivity contribution is 0.0394. The summed E-state index contributed by atoms with van der Waals surface area (Å²) in [4.78, 5) is 6.69. The fraction of sp³-hybridized carbons (Fsp3) is 0.900. The highest BCUT2D eigenvalue weighted by Crippen LogP contribution is 1.97. The van der Waals surface area contributed by atoms with E-state index in [9.17, 15) is 0 Å². The summed E-state index contributed by atoms with van der Waals surface area (Å²) in [5.74, 6) is 1.12. The lowest BCUT2D eigenvalue weighted by Gasteiger charge is -2.25. The predicted molar refractivity (Wildman–Crippen MR) is 58.6 cm³/mol. The third kappa shape index (κ3) is 4.07. The van der Waals surface area contributed by atoms with Crippen molar-refractivity contribution in [1.82, 2.24) is 4.90 Å². The van der Waals surface area contributed by atoms with Crippen molar-refractivity contribution in [1.29, 1.82) is 0 Å². The number of hydrogen-bond acceptors (Lipinski definition) is 3. The quantitative estimate of drug-likeness (QED) is 0.524. The van der Waals surface area contributed by atoms with Crippen LogP contribution in [0.15, 0.2) is 4.99 Å². The highest BCUT2D eigenvalue weighted by atomic mass is 16.5. The number of rotatable bonds is 4. The summed E-state index contributed by atoms with van der Waals surface area (Å²) in [6.07, 6.45) is 0. The van der Waals surface area contributed by atoms with Gasteiger partial charge < -0.3 is 10.5 Å². The normalized spacial score (nSPS) is 20.4. The van der Waals surface area contributed by atoms with Crippen LogP contribution in [0.3, 0.4) is 0 Å². The van der Waals surface area contributed by atoms with Crippen LogP contribution in [0.25, 0.3) is 0 Å². The van der Waals surface area contributed by atoms with Crippen LogP contribution in [0, 0.1) is 5.92 Å². The minimum atomic E-state index is 0.361. The minimum Gasteiger partial charge on any atom is -0.387 e. The molecule has 0 amide bonds. The lowest BCUT2D eigenvalue weighted by atomic mass is 10.2. The van der Waals surface area contributed by atoms with E-state index in [4.69, 9.17) is 10.5 Å². The van der Waals surface area contributed by atoms with E-state index >= 15 is 0 Å². The Morgan fingerprint density at radius 1 is 1.43 bits per heavy atom. The highest BCUT2D eigenvalue weighted by molar-refractivity contribution is 5.82. The molecule has 0 bridgehead atoms. The Morgan fingerprint density at radius 3 is 2.64 bits per heavy atom. The molecule has 1 rings (SSSR count). The molecular weight excluding hydrogens is 178 g/mol. The Morgan fingerprint density at radius 2 is 2.07 bits per heavy atom. The molecule has 1 fully saturated rings. The topological polar surface area (TPSA) is 50.8 Å². The molecule has 14 heavy (non-hydrogen) atoms. The first-order chi connectivity index (χ1) is 6.70. The summed E-state index contributed by atoms with van der Waals surface area (Å²) in [5.41, 5.74) is 5.74. The third-order valence-corrected chi connectivity index (χ3v) is 2.41.